The molecule has 1 aliphatic rings. The second-order valence-corrected chi connectivity index (χ2v) is 9.54. The number of sulfonamides is 1. The molecule has 0 aliphatic carbocycles. The van der Waals surface area contributed by atoms with Crippen molar-refractivity contribution >= 4 is 43.3 Å². The van der Waals surface area contributed by atoms with Gasteiger partial charge in [0, 0.05) is 18.0 Å². The molecular weight excluding hydrogens is 366 g/mol. The fourth-order valence-electron chi connectivity index (χ4n) is 2.48. The molecule has 8 heteroatoms. The van der Waals surface area contributed by atoms with Gasteiger partial charge in [0.25, 0.3) is 0 Å². The van der Waals surface area contributed by atoms with E-state index in [-0.39, 0.29) is 18.0 Å². The molecule has 2 rings (SSSR count). The quantitative estimate of drug-likeness (QED) is 0.869. The number of aliphatic carboxylic acids is 1. The highest BCUT2D eigenvalue weighted by atomic mass is 79.9. The van der Waals surface area contributed by atoms with Gasteiger partial charge in [0.05, 0.1) is 14.1 Å². The maximum Gasteiger partial charge on any atom is 0.311 e. The van der Waals surface area contributed by atoms with E-state index < -0.39 is 21.4 Å². The summed E-state index contributed by atoms with van der Waals surface area (Å²) in [7, 11) is -3.61. The van der Waals surface area contributed by atoms with Gasteiger partial charge in [-0.05, 0) is 41.8 Å². The standard InChI is InChI=1S/C12H16BrNO4S2/c1-3-12(11(15)16)4-5-14(7-12)20(17,18)9-6-10(13)19-8(9)2/h6H,3-5,7H2,1-2H3,(H,15,16). The molecule has 20 heavy (non-hydrogen) atoms. The molecule has 0 saturated carbocycles. The molecule has 0 radical (unpaired) electrons. The smallest absolute Gasteiger partial charge is 0.311 e. The van der Waals surface area contributed by atoms with Crippen molar-refractivity contribution in [2.75, 3.05) is 13.1 Å². The van der Waals surface area contributed by atoms with Gasteiger partial charge in [0.15, 0.2) is 0 Å². The monoisotopic (exact) mass is 381 g/mol. The minimum atomic E-state index is -3.61. The number of carbonyl (C=O) groups is 1. The van der Waals surface area contributed by atoms with Crippen LogP contribution in [-0.4, -0.2) is 36.9 Å². The molecular formula is C12H16BrNO4S2. The second kappa shape index (κ2) is 5.40. The Morgan fingerprint density at radius 2 is 2.25 bits per heavy atom. The molecule has 2 heterocycles. The number of carboxylic acid groups (broad SMARTS) is 1. The van der Waals surface area contributed by atoms with Gasteiger partial charge in [-0.3, -0.25) is 4.79 Å². The first-order chi connectivity index (χ1) is 9.23. The predicted molar refractivity (Wildman–Crippen MR) is 80.5 cm³/mol. The van der Waals surface area contributed by atoms with Crippen molar-refractivity contribution in [3.05, 3.63) is 14.7 Å². The summed E-state index contributed by atoms with van der Waals surface area (Å²) in [5.41, 5.74) is -0.950. The average Bonchev–Trinajstić information content (AvgIpc) is 2.94. The summed E-state index contributed by atoms with van der Waals surface area (Å²) < 4.78 is 27.3. The highest BCUT2D eigenvalue weighted by Crippen LogP contribution is 2.39. The average molecular weight is 382 g/mol. The Morgan fingerprint density at radius 1 is 1.60 bits per heavy atom. The third-order valence-electron chi connectivity index (χ3n) is 3.91. The summed E-state index contributed by atoms with van der Waals surface area (Å²) in [6, 6.07) is 1.59. The molecule has 1 unspecified atom stereocenters. The summed E-state index contributed by atoms with van der Waals surface area (Å²) in [6.07, 6.45) is 0.795. The number of thiophene rings is 1. The number of carboxylic acids is 1. The van der Waals surface area contributed by atoms with Crippen LogP contribution in [0.25, 0.3) is 0 Å². The van der Waals surface area contributed by atoms with Crippen molar-refractivity contribution in [2.24, 2.45) is 5.41 Å². The lowest BCUT2D eigenvalue weighted by Crippen LogP contribution is -2.36. The Hall–Kier alpha value is -0.440. The first-order valence-electron chi connectivity index (χ1n) is 6.22. The zero-order valence-electron chi connectivity index (χ0n) is 11.2. The van der Waals surface area contributed by atoms with Crippen molar-refractivity contribution in [3.63, 3.8) is 0 Å². The van der Waals surface area contributed by atoms with E-state index in [0.29, 0.717) is 17.7 Å². The number of rotatable bonds is 4. The second-order valence-electron chi connectivity index (χ2n) is 5.00. The zero-order chi connectivity index (χ0) is 15.1. The van der Waals surface area contributed by atoms with Gasteiger partial charge in [-0.25, -0.2) is 8.42 Å². The third-order valence-corrected chi connectivity index (χ3v) is 7.56. The van der Waals surface area contributed by atoms with Gasteiger partial charge in [-0.2, -0.15) is 4.31 Å². The molecule has 1 saturated heterocycles. The summed E-state index contributed by atoms with van der Waals surface area (Å²) in [5, 5.41) is 9.35. The summed E-state index contributed by atoms with van der Waals surface area (Å²) in [4.78, 5) is 12.4. The van der Waals surface area contributed by atoms with E-state index in [0.717, 1.165) is 3.79 Å². The molecule has 1 aromatic rings. The van der Waals surface area contributed by atoms with Crippen LogP contribution in [0.4, 0.5) is 0 Å². The molecule has 1 aliphatic heterocycles. The van der Waals surface area contributed by atoms with Crippen molar-refractivity contribution < 1.29 is 18.3 Å². The van der Waals surface area contributed by atoms with Crippen molar-refractivity contribution in [2.45, 2.75) is 31.6 Å². The van der Waals surface area contributed by atoms with Crippen LogP contribution in [0.3, 0.4) is 0 Å². The van der Waals surface area contributed by atoms with Gasteiger partial charge < -0.3 is 5.11 Å². The van der Waals surface area contributed by atoms with Crippen LogP contribution >= 0.6 is 27.3 Å². The van der Waals surface area contributed by atoms with Crippen LogP contribution < -0.4 is 0 Å². The van der Waals surface area contributed by atoms with Gasteiger partial charge in [-0.1, -0.05) is 6.92 Å². The van der Waals surface area contributed by atoms with Crippen molar-refractivity contribution in [1.29, 1.82) is 0 Å². The van der Waals surface area contributed by atoms with E-state index in [1.807, 2.05) is 0 Å². The number of halogens is 1. The minimum absolute atomic E-state index is 0.0497. The maximum absolute atomic E-state index is 12.6. The van der Waals surface area contributed by atoms with Crippen molar-refractivity contribution in [1.82, 2.24) is 4.31 Å². The lowest BCUT2D eigenvalue weighted by Gasteiger charge is -2.22. The SMILES string of the molecule is CCC1(C(=O)O)CCN(S(=O)(=O)c2cc(Br)sc2C)C1. The Bertz CT molecular complexity index is 640. The summed E-state index contributed by atoms with van der Waals surface area (Å²) in [6.45, 7) is 3.85. The van der Waals surface area contributed by atoms with Crippen LogP contribution in [-0.2, 0) is 14.8 Å². The molecule has 1 atom stereocenters. The minimum Gasteiger partial charge on any atom is -0.481 e. The first kappa shape index (κ1) is 15.9. The van der Waals surface area contributed by atoms with E-state index in [4.69, 9.17) is 0 Å². The van der Waals surface area contributed by atoms with Gasteiger partial charge in [0.2, 0.25) is 10.0 Å². The number of nitrogens with zero attached hydrogens (tertiary/aromatic N) is 1. The van der Waals surface area contributed by atoms with E-state index in [1.54, 1.807) is 19.9 Å². The van der Waals surface area contributed by atoms with E-state index in [1.165, 1.54) is 15.6 Å². The van der Waals surface area contributed by atoms with E-state index >= 15 is 0 Å². The van der Waals surface area contributed by atoms with Crippen LogP contribution in [0, 0.1) is 12.3 Å². The Morgan fingerprint density at radius 3 is 2.65 bits per heavy atom. The Balaban J connectivity index is 2.34. The number of hydrogen-bond donors (Lipinski definition) is 1. The summed E-state index contributed by atoms with van der Waals surface area (Å²) >= 11 is 4.65. The van der Waals surface area contributed by atoms with Crippen LogP contribution in [0.2, 0.25) is 0 Å². The van der Waals surface area contributed by atoms with Gasteiger partial charge in [0.1, 0.15) is 0 Å². The highest BCUT2D eigenvalue weighted by molar-refractivity contribution is 9.11. The molecule has 112 valence electrons. The molecule has 0 amide bonds. The fraction of sp³-hybridized carbons (Fsp3) is 0.583. The predicted octanol–water partition coefficient (Wildman–Crippen LogP) is 2.69. The molecule has 0 aromatic carbocycles. The first-order valence-corrected chi connectivity index (χ1v) is 9.27. The molecule has 0 spiro atoms. The van der Waals surface area contributed by atoms with E-state index in [2.05, 4.69) is 15.9 Å². The highest BCUT2D eigenvalue weighted by Gasteiger charge is 2.47. The third kappa shape index (κ3) is 2.54. The van der Waals surface area contributed by atoms with Gasteiger partial charge in [-0.15, -0.1) is 11.3 Å². The van der Waals surface area contributed by atoms with Gasteiger partial charge >= 0.3 is 5.97 Å². The molecule has 5 nitrogen and oxygen atoms in total. The fourth-order valence-corrected chi connectivity index (χ4v) is 6.39. The van der Waals surface area contributed by atoms with Crippen LogP contribution in [0.15, 0.2) is 14.7 Å². The Kier molecular flexibility index (Phi) is 4.30. The molecule has 0 bridgehead atoms. The van der Waals surface area contributed by atoms with Crippen LogP contribution in [0.5, 0.6) is 0 Å². The largest absolute Gasteiger partial charge is 0.481 e. The van der Waals surface area contributed by atoms with Crippen molar-refractivity contribution in [3.8, 4) is 0 Å². The van der Waals surface area contributed by atoms with Crippen LogP contribution in [0.1, 0.15) is 24.6 Å². The normalized spacial score (nSPS) is 24.1. The zero-order valence-corrected chi connectivity index (χ0v) is 14.4. The summed E-state index contributed by atoms with van der Waals surface area (Å²) in [5.74, 6) is -0.916. The topological polar surface area (TPSA) is 74.7 Å². The van der Waals surface area contributed by atoms with E-state index in [9.17, 15) is 18.3 Å². The molecule has 1 N–H and O–H groups in total. The molecule has 1 fully saturated rings. The maximum atomic E-state index is 12.6. The number of hydrogen-bond acceptors (Lipinski definition) is 4. The molecule has 1 aromatic heterocycles. The lowest BCUT2D eigenvalue weighted by molar-refractivity contribution is -0.148. The Labute approximate surface area is 130 Å². The number of aryl methyl sites for hydroxylation is 1. The lowest BCUT2D eigenvalue weighted by atomic mass is 9.85.